The van der Waals surface area contributed by atoms with Crippen LogP contribution in [0.2, 0.25) is 0 Å². The van der Waals surface area contributed by atoms with Crippen molar-refractivity contribution >= 4 is 5.91 Å². The molecule has 0 bridgehead atoms. The Morgan fingerprint density at radius 1 is 1.20 bits per heavy atom. The first-order valence-electron chi connectivity index (χ1n) is 8.43. The Balaban J connectivity index is 2.08. The fraction of sp³-hybridized carbons (Fsp3) is 0.579. The fourth-order valence-electron chi connectivity index (χ4n) is 3.26. The van der Waals surface area contributed by atoms with Crippen molar-refractivity contribution in [2.75, 3.05) is 13.1 Å². The van der Waals surface area contributed by atoms with Gasteiger partial charge in [-0.2, -0.15) is 18.4 Å². The number of rotatable bonds is 4. The number of amides is 1. The highest BCUT2D eigenvalue weighted by Crippen LogP contribution is 2.48. The average Bonchev–Trinajstić information content (AvgIpc) is 2.59. The van der Waals surface area contributed by atoms with Gasteiger partial charge in [0.15, 0.2) is 0 Å². The summed E-state index contributed by atoms with van der Waals surface area (Å²) in [5, 5.41) is 9.00. The third-order valence-corrected chi connectivity index (χ3v) is 5.11. The van der Waals surface area contributed by atoms with Gasteiger partial charge in [0.25, 0.3) is 0 Å². The van der Waals surface area contributed by atoms with Crippen molar-refractivity contribution in [3.63, 3.8) is 0 Å². The van der Waals surface area contributed by atoms with Crippen molar-refractivity contribution in [3.05, 3.63) is 35.9 Å². The lowest BCUT2D eigenvalue weighted by Crippen LogP contribution is -2.52. The van der Waals surface area contributed by atoms with E-state index < -0.39 is 17.0 Å². The van der Waals surface area contributed by atoms with Gasteiger partial charge in [0, 0.05) is 19.5 Å². The Hall–Kier alpha value is -2.03. The molecule has 1 aromatic rings. The number of benzene rings is 1. The normalized spacial score (nSPS) is 17.8. The van der Waals surface area contributed by atoms with E-state index >= 15 is 0 Å². The van der Waals surface area contributed by atoms with Gasteiger partial charge in [-0.1, -0.05) is 30.3 Å². The maximum absolute atomic E-state index is 13.8. The minimum atomic E-state index is -4.35. The number of hydrogen-bond donors (Lipinski definition) is 0. The highest BCUT2D eigenvalue weighted by Gasteiger charge is 2.56. The molecule has 0 aliphatic carbocycles. The van der Waals surface area contributed by atoms with Crippen molar-refractivity contribution in [2.45, 2.75) is 51.1 Å². The van der Waals surface area contributed by atoms with E-state index in [0.717, 1.165) is 0 Å². The largest absolute Gasteiger partial charge is 0.398 e. The van der Waals surface area contributed by atoms with E-state index in [9.17, 15) is 18.0 Å². The van der Waals surface area contributed by atoms with Crippen LogP contribution in [0.5, 0.6) is 0 Å². The zero-order valence-corrected chi connectivity index (χ0v) is 14.6. The van der Waals surface area contributed by atoms with Crippen LogP contribution in [0.15, 0.2) is 30.3 Å². The molecule has 1 amide bonds. The number of nitrogens with zero attached hydrogens (tertiary/aromatic N) is 2. The molecule has 1 aliphatic rings. The molecule has 0 unspecified atom stereocenters. The summed E-state index contributed by atoms with van der Waals surface area (Å²) in [5.74, 6) is -0.174. The first kappa shape index (κ1) is 19.3. The molecule has 1 saturated heterocycles. The summed E-state index contributed by atoms with van der Waals surface area (Å²) in [6.07, 6.45) is -4.03. The van der Waals surface area contributed by atoms with Crippen LogP contribution < -0.4 is 0 Å². The lowest BCUT2D eigenvalue weighted by atomic mass is 9.72. The molecule has 0 aromatic heterocycles. The predicted molar refractivity (Wildman–Crippen MR) is 88.6 cm³/mol. The van der Waals surface area contributed by atoms with E-state index in [1.54, 1.807) is 32.0 Å². The molecule has 0 N–H and O–H groups in total. The molecule has 0 radical (unpaired) electrons. The second kappa shape index (κ2) is 7.07. The first-order chi connectivity index (χ1) is 11.6. The number of hydrogen-bond acceptors (Lipinski definition) is 2. The zero-order valence-electron chi connectivity index (χ0n) is 14.6. The third kappa shape index (κ3) is 4.15. The van der Waals surface area contributed by atoms with Crippen LogP contribution in [0, 0.1) is 16.7 Å². The molecule has 0 spiro atoms. The van der Waals surface area contributed by atoms with Crippen molar-refractivity contribution in [1.29, 1.82) is 5.26 Å². The van der Waals surface area contributed by atoms with E-state index in [4.69, 9.17) is 5.26 Å². The van der Waals surface area contributed by atoms with E-state index in [2.05, 4.69) is 6.07 Å². The number of piperidine rings is 1. The first-order valence-corrected chi connectivity index (χ1v) is 8.43. The van der Waals surface area contributed by atoms with Crippen molar-refractivity contribution < 1.29 is 18.0 Å². The highest BCUT2D eigenvalue weighted by molar-refractivity contribution is 5.76. The van der Waals surface area contributed by atoms with E-state index in [0.29, 0.717) is 6.42 Å². The fourth-order valence-corrected chi connectivity index (χ4v) is 3.26. The third-order valence-electron chi connectivity index (χ3n) is 5.11. The van der Waals surface area contributed by atoms with Crippen molar-refractivity contribution in [2.24, 2.45) is 5.41 Å². The summed E-state index contributed by atoms with van der Waals surface area (Å²) in [4.78, 5) is 13.8. The van der Waals surface area contributed by atoms with Gasteiger partial charge in [0.1, 0.15) is 0 Å². The Labute approximate surface area is 146 Å². The Kier molecular flexibility index (Phi) is 5.46. The molecule has 0 saturated carbocycles. The van der Waals surface area contributed by atoms with Gasteiger partial charge < -0.3 is 4.90 Å². The van der Waals surface area contributed by atoms with Crippen LogP contribution in [-0.4, -0.2) is 30.1 Å². The average molecular weight is 352 g/mol. The molecule has 6 heteroatoms. The summed E-state index contributed by atoms with van der Waals surface area (Å²) >= 11 is 0. The second-order valence-electron chi connectivity index (χ2n) is 7.32. The molecule has 1 fully saturated rings. The minimum absolute atomic E-state index is 0.0836. The van der Waals surface area contributed by atoms with Gasteiger partial charge in [-0.15, -0.1) is 0 Å². The van der Waals surface area contributed by atoms with Crippen LogP contribution in [0.3, 0.4) is 0 Å². The number of nitriles is 1. The van der Waals surface area contributed by atoms with Crippen molar-refractivity contribution in [3.8, 4) is 6.07 Å². The SMILES string of the molecule is CC(C)(C#N)CCC(=O)N1CCC(c2ccccc2)(C(F)(F)F)CC1. The van der Waals surface area contributed by atoms with Gasteiger partial charge in [0.05, 0.1) is 16.9 Å². The van der Waals surface area contributed by atoms with Gasteiger partial charge in [-0.3, -0.25) is 4.79 Å². The monoisotopic (exact) mass is 352 g/mol. The smallest absolute Gasteiger partial charge is 0.343 e. The van der Waals surface area contributed by atoms with E-state index in [1.165, 1.54) is 17.0 Å². The summed E-state index contributed by atoms with van der Waals surface area (Å²) < 4.78 is 41.5. The summed E-state index contributed by atoms with van der Waals surface area (Å²) in [6, 6.07) is 10.1. The van der Waals surface area contributed by atoms with E-state index in [1.807, 2.05) is 0 Å². The predicted octanol–water partition coefficient (Wildman–Crippen LogP) is 4.44. The molecular weight excluding hydrogens is 329 g/mol. The lowest BCUT2D eigenvalue weighted by Gasteiger charge is -2.43. The Bertz CT molecular complexity index is 639. The maximum atomic E-state index is 13.8. The van der Waals surface area contributed by atoms with Gasteiger partial charge in [0.2, 0.25) is 5.91 Å². The standard InChI is InChI=1S/C19H23F3N2O/c1-17(2,14-23)9-8-16(25)24-12-10-18(11-13-24,19(20,21)22)15-6-4-3-5-7-15/h3-7H,8-13H2,1-2H3. The molecule has 1 heterocycles. The summed E-state index contributed by atoms with van der Waals surface area (Å²) in [5.41, 5.74) is -2.23. The minimum Gasteiger partial charge on any atom is -0.343 e. The molecule has 0 atom stereocenters. The quantitative estimate of drug-likeness (QED) is 0.804. The van der Waals surface area contributed by atoms with Crippen molar-refractivity contribution in [1.82, 2.24) is 4.90 Å². The van der Waals surface area contributed by atoms with Crippen LogP contribution in [0.25, 0.3) is 0 Å². The molecular formula is C19H23F3N2O. The Morgan fingerprint density at radius 2 is 1.76 bits per heavy atom. The molecule has 25 heavy (non-hydrogen) atoms. The van der Waals surface area contributed by atoms with E-state index in [-0.39, 0.29) is 43.8 Å². The van der Waals surface area contributed by atoms with Crippen LogP contribution >= 0.6 is 0 Å². The number of carbonyl (C=O) groups is 1. The topological polar surface area (TPSA) is 44.1 Å². The number of carbonyl (C=O) groups excluding carboxylic acids is 1. The molecule has 3 nitrogen and oxygen atoms in total. The van der Waals surface area contributed by atoms with Gasteiger partial charge >= 0.3 is 6.18 Å². The summed E-state index contributed by atoms with van der Waals surface area (Å²) in [6.45, 7) is 3.67. The molecule has 136 valence electrons. The maximum Gasteiger partial charge on any atom is 0.398 e. The van der Waals surface area contributed by atoms with Crippen LogP contribution in [0.4, 0.5) is 13.2 Å². The molecule has 2 rings (SSSR count). The number of likely N-dealkylation sites (tertiary alicyclic amines) is 1. The van der Waals surface area contributed by atoms with Gasteiger partial charge in [-0.25, -0.2) is 0 Å². The number of alkyl halides is 3. The molecule has 1 aromatic carbocycles. The van der Waals surface area contributed by atoms with Crippen LogP contribution in [0.1, 0.15) is 45.1 Å². The summed E-state index contributed by atoms with van der Waals surface area (Å²) in [7, 11) is 0. The highest BCUT2D eigenvalue weighted by atomic mass is 19.4. The Morgan fingerprint density at radius 3 is 2.24 bits per heavy atom. The lowest BCUT2D eigenvalue weighted by molar-refractivity contribution is -0.203. The zero-order chi connectivity index (χ0) is 18.7. The molecule has 1 aliphatic heterocycles. The second-order valence-corrected chi connectivity index (χ2v) is 7.32. The van der Waals surface area contributed by atoms with Gasteiger partial charge in [-0.05, 0) is 38.7 Å². The number of halogens is 3. The van der Waals surface area contributed by atoms with Crippen LogP contribution in [-0.2, 0) is 10.2 Å².